The van der Waals surface area contributed by atoms with Crippen molar-refractivity contribution in [3.63, 3.8) is 0 Å². The first kappa shape index (κ1) is 17.7. The molecule has 0 spiro atoms. The lowest BCUT2D eigenvalue weighted by Crippen LogP contribution is -2.46. The fraction of sp³-hybridized carbons (Fsp3) is 0.316. The van der Waals surface area contributed by atoms with Gasteiger partial charge in [0.05, 0.1) is 6.42 Å². The molecular formula is C19H22N4O3. The molecule has 3 rings (SSSR count). The van der Waals surface area contributed by atoms with E-state index in [1.807, 2.05) is 30.3 Å². The number of benzene rings is 1. The summed E-state index contributed by atoms with van der Waals surface area (Å²) in [7, 11) is 0. The summed E-state index contributed by atoms with van der Waals surface area (Å²) in [6.07, 6.45) is 3.52. The van der Waals surface area contributed by atoms with Gasteiger partial charge in [-0.05, 0) is 30.3 Å². The number of carbonyl (C=O) groups is 2. The predicted octanol–water partition coefficient (Wildman–Crippen LogP) is 1.61. The van der Waals surface area contributed by atoms with Gasteiger partial charge in [-0.25, -0.2) is 0 Å². The van der Waals surface area contributed by atoms with Crippen molar-refractivity contribution in [2.24, 2.45) is 0 Å². The van der Waals surface area contributed by atoms with Crippen LogP contribution in [-0.2, 0) is 4.79 Å². The van der Waals surface area contributed by atoms with Crippen molar-refractivity contribution in [2.75, 3.05) is 42.5 Å². The number of carboxylic acid groups (broad SMARTS) is 1. The monoisotopic (exact) mass is 354 g/mol. The number of hydrogen-bond acceptors (Lipinski definition) is 5. The fourth-order valence-corrected chi connectivity index (χ4v) is 3.01. The molecule has 1 saturated heterocycles. The van der Waals surface area contributed by atoms with Gasteiger partial charge in [0.15, 0.2) is 0 Å². The molecule has 1 amide bonds. The molecule has 1 fully saturated rings. The highest BCUT2D eigenvalue weighted by Crippen LogP contribution is 2.21. The van der Waals surface area contributed by atoms with E-state index in [-0.39, 0.29) is 18.9 Å². The molecule has 2 N–H and O–H groups in total. The normalized spacial score (nSPS) is 14.2. The first-order chi connectivity index (χ1) is 12.6. The molecule has 7 nitrogen and oxygen atoms in total. The maximum atomic E-state index is 12.2. The number of nitrogens with zero attached hydrogens (tertiary/aromatic N) is 3. The first-order valence-electron chi connectivity index (χ1n) is 8.63. The van der Waals surface area contributed by atoms with Gasteiger partial charge in [-0.15, -0.1) is 0 Å². The topological polar surface area (TPSA) is 85.8 Å². The zero-order chi connectivity index (χ0) is 18.4. The summed E-state index contributed by atoms with van der Waals surface area (Å²) in [5, 5.41) is 11.3. The number of piperazine rings is 1. The maximum Gasteiger partial charge on any atom is 0.305 e. The van der Waals surface area contributed by atoms with E-state index in [0.717, 1.165) is 31.9 Å². The van der Waals surface area contributed by atoms with Crippen LogP contribution in [-0.4, -0.2) is 54.7 Å². The Balaban J connectivity index is 1.59. The van der Waals surface area contributed by atoms with Crippen LogP contribution < -0.4 is 15.1 Å². The smallest absolute Gasteiger partial charge is 0.305 e. The highest BCUT2D eigenvalue weighted by molar-refractivity contribution is 5.95. The van der Waals surface area contributed by atoms with E-state index in [4.69, 9.17) is 5.11 Å². The molecule has 1 aromatic heterocycles. The van der Waals surface area contributed by atoms with Crippen molar-refractivity contribution in [3.05, 3.63) is 54.4 Å². The fourth-order valence-electron chi connectivity index (χ4n) is 3.01. The Labute approximate surface area is 152 Å². The minimum atomic E-state index is -0.925. The standard InChI is InChI=1S/C19H22N4O3/c24-18(25)6-9-21-19(26)15-2-1-3-17(14-15)23-12-10-22(11-13-23)16-4-7-20-8-5-16/h1-5,7-8,14H,6,9-13H2,(H,21,26)(H,24,25). The summed E-state index contributed by atoms with van der Waals surface area (Å²) in [4.78, 5) is 31.3. The van der Waals surface area contributed by atoms with Gasteiger partial charge in [0.25, 0.3) is 5.91 Å². The largest absolute Gasteiger partial charge is 0.481 e. The third-order valence-electron chi connectivity index (χ3n) is 4.41. The number of carbonyl (C=O) groups excluding carboxylic acids is 1. The van der Waals surface area contributed by atoms with Crippen LogP contribution in [0.25, 0.3) is 0 Å². The van der Waals surface area contributed by atoms with Crippen LogP contribution in [0.5, 0.6) is 0 Å². The molecule has 0 atom stereocenters. The Morgan fingerprint density at radius 1 is 1.00 bits per heavy atom. The number of aromatic nitrogens is 1. The average molecular weight is 354 g/mol. The van der Waals surface area contributed by atoms with Gasteiger partial charge in [-0.1, -0.05) is 6.07 Å². The van der Waals surface area contributed by atoms with Crippen LogP contribution in [0.15, 0.2) is 48.8 Å². The second kappa shape index (κ2) is 8.33. The third-order valence-corrected chi connectivity index (χ3v) is 4.41. The van der Waals surface area contributed by atoms with Crippen LogP contribution in [0, 0.1) is 0 Å². The number of aliphatic carboxylic acids is 1. The lowest BCUT2D eigenvalue weighted by Gasteiger charge is -2.37. The summed E-state index contributed by atoms with van der Waals surface area (Å²) in [5.74, 6) is -1.17. The number of anilines is 2. The Morgan fingerprint density at radius 2 is 1.65 bits per heavy atom. The van der Waals surface area contributed by atoms with Gasteiger partial charge in [0.2, 0.25) is 0 Å². The second-order valence-electron chi connectivity index (χ2n) is 6.13. The van der Waals surface area contributed by atoms with Crippen molar-refractivity contribution in [2.45, 2.75) is 6.42 Å². The summed E-state index contributed by atoms with van der Waals surface area (Å²) in [6, 6.07) is 11.5. The van der Waals surface area contributed by atoms with Gasteiger partial charge < -0.3 is 20.2 Å². The number of pyridine rings is 1. The lowest BCUT2D eigenvalue weighted by molar-refractivity contribution is -0.136. The van der Waals surface area contributed by atoms with E-state index in [0.29, 0.717) is 5.56 Å². The van der Waals surface area contributed by atoms with Crippen LogP contribution >= 0.6 is 0 Å². The summed E-state index contributed by atoms with van der Waals surface area (Å²) >= 11 is 0. The van der Waals surface area contributed by atoms with E-state index < -0.39 is 5.97 Å². The highest BCUT2D eigenvalue weighted by Gasteiger charge is 2.18. The quantitative estimate of drug-likeness (QED) is 0.820. The minimum Gasteiger partial charge on any atom is -0.481 e. The predicted molar refractivity (Wildman–Crippen MR) is 99.7 cm³/mol. The Hall–Kier alpha value is -3.09. The maximum absolute atomic E-state index is 12.2. The molecule has 2 aromatic rings. The van der Waals surface area contributed by atoms with Gasteiger partial charge in [-0.2, -0.15) is 0 Å². The summed E-state index contributed by atoms with van der Waals surface area (Å²) < 4.78 is 0. The van der Waals surface area contributed by atoms with Crippen molar-refractivity contribution >= 4 is 23.3 Å². The van der Waals surface area contributed by atoms with Crippen LogP contribution in [0.3, 0.4) is 0 Å². The molecule has 0 aliphatic carbocycles. The Bertz CT molecular complexity index is 758. The highest BCUT2D eigenvalue weighted by atomic mass is 16.4. The van der Waals surface area contributed by atoms with Gasteiger partial charge in [-0.3, -0.25) is 14.6 Å². The van der Waals surface area contributed by atoms with E-state index >= 15 is 0 Å². The van der Waals surface area contributed by atoms with E-state index in [2.05, 4.69) is 20.1 Å². The molecule has 2 heterocycles. The molecule has 0 unspecified atom stereocenters. The SMILES string of the molecule is O=C(O)CCNC(=O)c1cccc(N2CCN(c3ccncc3)CC2)c1. The molecule has 0 saturated carbocycles. The van der Waals surface area contributed by atoms with Crippen LogP contribution in [0.2, 0.25) is 0 Å². The molecule has 1 aromatic carbocycles. The number of hydrogen-bond donors (Lipinski definition) is 2. The van der Waals surface area contributed by atoms with Crippen molar-refractivity contribution in [3.8, 4) is 0 Å². The Morgan fingerprint density at radius 3 is 2.31 bits per heavy atom. The number of carboxylic acids is 1. The van der Waals surface area contributed by atoms with E-state index in [9.17, 15) is 9.59 Å². The van der Waals surface area contributed by atoms with E-state index in [1.165, 1.54) is 5.69 Å². The molecule has 136 valence electrons. The summed E-state index contributed by atoms with van der Waals surface area (Å²) in [6.45, 7) is 3.67. The van der Waals surface area contributed by atoms with Crippen molar-refractivity contribution < 1.29 is 14.7 Å². The minimum absolute atomic E-state index is 0.0810. The molecule has 1 aliphatic rings. The van der Waals surface area contributed by atoms with E-state index in [1.54, 1.807) is 18.5 Å². The van der Waals surface area contributed by atoms with Gasteiger partial charge >= 0.3 is 5.97 Å². The van der Waals surface area contributed by atoms with Crippen molar-refractivity contribution in [1.29, 1.82) is 0 Å². The molecule has 0 radical (unpaired) electrons. The molecule has 0 bridgehead atoms. The third kappa shape index (κ3) is 4.50. The second-order valence-corrected chi connectivity index (χ2v) is 6.13. The molecule has 7 heteroatoms. The number of nitrogens with one attached hydrogen (secondary N) is 1. The molecular weight excluding hydrogens is 332 g/mol. The van der Waals surface area contributed by atoms with Crippen LogP contribution in [0.4, 0.5) is 11.4 Å². The zero-order valence-electron chi connectivity index (χ0n) is 14.5. The van der Waals surface area contributed by atoms with Gasteiger partial charge in [0, 0.05) is 62.1 Å². The number of rotatable bonds is 6. The summed E-state index contributed by atoms with van der Waals surface area (Å²) in [5.41, 5.74) is 2.72. The zero-order valence-corrected chi connectivity index (χ0v) is 14.5. The van der Waals surface area contributed by atoms with Crippen molar-refractivity contribution in [1.82, 2.24) is 10.3 Å². The first-order valence-corrected chi connectivity index (χ1v) is 8.63. The molecule has 26 heavy (non-hydrogen) atoms. The Kier molecular flexibility index (Phi) is 5.68. The van der Waals surface area contributed by atoms with Gasteiger partial charge in [0.1, 0.15) is 0 Å². The molecule has 1 aliphatic heterocycles. The van der Waals surface area contributed by atoms with Crippen LogP contribution in [0.1, 0.15) is 16.8 Å². The number of amides is 1. The average Bonchev–Trinajstić information content (AvgIpc) is 2.68. The lowest BCUT2D eigenvalue weighted by atomic mass is 10.1.